The Morgan fingerprint density at radius 2 is 2.09 bits per heavy atom. The van der Waals surface area contributed by atoms with E-state index in [9.17, 15) is 0 Å². The number of aromatic nitrogens is 2. The maximum absolute atomic E-state index is 6.28. The van der Waals surface area contributed by atoms with Crippen molar-refractivity contribution < 1.29 is 0 Å². The van der Waals surface area contributed by atoms with E-state index in [1.807, 2.05) is 24.3 Å². The second-order valence-corrected chi connectivity index (χ2v) is 7.16. The Bertz CT molecular complexity index is 823. The molecule has 3 heterocycles. The van der Waals surface area contributed by atoms with Gasteiger partial charge in [0.05, 0.1) is 10.7 Å². The minimum absolute atomic E-state index is 0.421. The molecule has 1 aliphatic rings. The number of hydrogen-bond acceptors (Lipinski definition) is 3. The Hall–Kier alpha value is -1.62. The van der Waals surface area contributed by atoms with Crippen molar-refractivity contribution >= 4 is 22.9 Å². The van der Waals surface area contributed by atoms with Gasteiger partial charge >= 0.3 is 0 Å². The van der Waals surface area contributed by atoms with Gasteiger partial charge in [0.2, 0.25) is 0 Å². The summed E-state index contributed by atoms with van der Waals surface area (Å²) in [4.78, 5) is 7.29. The number of hydrogen-bond donors (Lipinski definition) is 0. The fourth-order valence-corrected chi connectivity index (χ4v) is 4.32. The first kappa shape index (κ1) is 14.9. The lowest BCUT2D eigenvalue weighted by atomic mass is 10.1. The highest BCUT2D eigenvalue weighted by Gasteiger charge is 2.24. The number of rotatable bonds is 3. The molecule has 0 spiro atoms. The fraction of sp³-hybridized carbons (Fsp3) is 0.278. The Morgan fingerprint density at radius 3 is 2.96 bits per heavy atom. The molecule has 5 heteroatoms. The highest BCUT2D eigenvalue weighted by atomic mass is 35.5. The highest BCUT2D eigenvalue weighted by Crippen LogP contribution is 2.32. The lowest BCUT2D eigenvalue weighted by Crippen LogP contribution is -2.35. The monoisotopic (exact) mass is 343 g/mol. The standard InChI is InChI=1S/C18H18ClN3S/c1-13-17-7-4-8-21(17)9-10-22(13)11-14-12-23-18(20-14)15-5-2-3-6-16(15)19/h2-8,12-13H,9-11H2,1H3/t13-/m1/s1. The van der Waals surface area contributed by atoms with Crippen LogP contribution in [0, 0.1) is 0 Å². The molecule has 23 heavy (non-hydrogen) atoms. The van der Waals surface area contributed by atoms with E-state index in [0.717, 1.165) is 40.9 Å². The van der Waals surface area contributed by atoms with Crippen LogP contribution >= 0.6 is 22.9 Å². The van der Waals surface area contributed by atoms with Gasteiger partial charge in [-0.15, -0.1) is 11.3 Å². The smallest absolute Gasteiger partial charge is 0.125 e. The van der Waals surface area contributed by atoms with Crippen LogP contribution in [-0.2, 0) is 13.1 Å². The van der Waals surface area contributed by atoms with Gasteiger partial charge in [0.1, 0.15) is 5.01 Å². The summed E-state index contributed by atoms with van der Waals surface area (Å²) < 4.78 is 2.34. The predicted molar refractivity (Wildman–Crippen MR) is 95.8 cm³/mol. The maximum atomic E-state index is 6.28. The van der Waals surface area contributed by atoms with Crippen LogP contribution in [-0.4, -0.2) is 21.0 Å². The summed E-state index contributed by atoms with van der Waals surface area (Å²) in [5, 5.41) is 3.91. The lowest BCUT2D eigenvalue weighted by Gasteiger charge is -2.34. The summed E-state index contributed by atoms with van der Waals surface area (Å²) in [6, 6.07) is 12.7. The van der Waals surface area contributed by atoms with E-state index in [1.165, 1.54) is 5.69 Å². The van der Waals surface area contributed by atoms with Gasteiger partial charge in [-0.1, -0.05) is 29.8 Å². The lowest BCUT2D eigenvalue weighted by molar-refractivity contribution is 0.159. The zero-order valence-electron chi connectivity index (χ0n) is 12.9. The molecule has 3 aromatic rings. The van der Waals surface area contributed by atoms with Crippen molar-refractivity contribution in [2.75, 3.05) is 6.54 Å². The number of halogens is 1. The maximum Gasteiger partial charge on any atom is 0.125 e. The third kappa shape index (κ3) is 2.82. The zero-order chi connectivity index (χ0) is 15.8. The van der Waals surface area contributed by atoms with Gasteiger partial charge in [-0.05, 0) is 25.1 Å². The molecule has 0 fully saturated rings. The molecule has 0 bridgehead atoms. The molecule has 2 aromatic heterocycles. The molecular formula is C18H18ClN3S. The Morgan fingerprint density at radius 1 is 1.22 bits per heavy atom. The van der Waals surface area contributed by atoms with Crippen molar-refractivity contribution in [1.82, 2.24) is 14.5 Å². The summed E-state index contributed by atoms with van der Waals surface area (Å²) >= 11 is 7.95. The molecule has 0 radical (unpaired) electrons. The second-order valence-electron chi connectivity index (χ2n) is 5.90. The molecule has 1 aromatic carbocycles. The third-order valence-electron chi connectivity index (χ3n) is 4.49. The molecule has 0 aliphatic carbocycles. The summed E-state index contributed by atoms with van der Waals surface area (Å²) in [6.07, 6.45) is 2.17. The van der Waals surface area contributed by atoms with Crippen LogP contribution in [0.2, 0.25) is 5.02 Å². The van der Waals surface area contributed by atoms with Gasteiger partial charge in [-0.3, -0.25) is 4.90 Å². The predicted octanol–water partition coefficient (Wildman–Crippen LogP) is 4.84. The van der Waals surface area contributed by atoms with Crippen molar-refractivity contribution in [3.05, 3.63) is 64.4 Å². The van der Waals surface area contributed by atoms with Crippen LogP contribution in [0.15, 0.2) is 48.0 Å². The summed E-state index contributed by atoms with van der Waals surface area (Å²) in [7, 11) is 0. The van der Waals surface area contributed by atoms with E-state index in [-0.39, 0.29) is 0 Å². The Kier molecular flexibility index (Phi) is 3.97. The number of thiazole rings is 1. The highest BCUT2D eigenvalue weighted by molar-refractivity contribution is 7.13. The molecule has 118 valence electrons. The molecule has 4 rings (SSSR count). The third-order valence-corrected chi connectivity index (χ3v) is 5.74. The Balaban J connectivity index is 1.54. The van der Waals surface area contributed by atoms with E-state index < -0.39 is 0 Å². The van der Waals surface area contributed by atoms with Crippen LogP contribution in [0.25, 0.3) is 10.6 Å². The average molecular weight is 344 g/mol. The van der Waals surface area contributed by atoms with Crippen LogP contribution in [0.4, 0.5) is 0 Å². The molecule has 0 saturated carbocycles. The van der Waals surface area contributed by atoms with Crippen LogP contribution in [0.3, 0.4) is 0 Å². The van der Waals surface area contributed by atoms with Gasteiger partial charge < -0.3 is 4.57 Å². The van der Waals surface area contributed by atoms with E-state index >= 15 is 0 Å². The van der Waals surface area contributed by atoms with Crippen molar-refractivity contribution in [2.45, 2.75) is 26.1 Å². The van der Waals surface area contributed by atoms with E-state index in [0.29, 0.717) is 6.04 Å². The van der Waals surface area contributed by atoms with Crippen LogP contribution < -0.4 is 0 Å². The van der Waals surface area contributed by atoms with E-state index in [2.05, 4.69) is 40.1 Å². The largest absolute Gasteiger partial charge is 0.349 e. The SMILES string of the molecule is C[C@@H]1c2cccn2CCN1Cc1csc(-c2ccccc2Cl)n1. The minimum atomic E-state index is 0.421. The fourth-order valence-electron chi connectivity index (χ4n) is 3.19. The van der Waals surface area contributed by atoms with Gasteiger partial charge in [0, 0.05) is 48.5 Å². The molecule has 0 N–H and O–H groups in total. The molecule has 0 amide bonds. The quantitative estimate of drug-likeness (QED) is 0.678. The van der Waals surface area contributed by atoms with Crippen molar-refractivity contribution in [1.29, 1.82) is 0 Å². The Labute approximate surface area is 145 Å². The number of nitrogens with zero attached hydrogens (tertiary/aromatic N) is 3. The van der Waals surface area contributed by atoms with Crippen molar-refractivity contribution in [3.8, 4) is 10.6 Å². The average Bonchev–Trinajstić information content (AvgIpc) is 3.20. The molecule has 1 aliphatic heterocycles. The van der Waals surface area contributed by atoms with Crippen LogP contribution in [0.5, 0.6) is 0 Å². The second kappa shape index (κ2) is 6.11. The van der Waals surface area contributed by atoms with Gasteiger partial charge in [0.15, 0.2) is 0 Å². The van der Waals surface area contributed by atoms with E-state index in [1.54, 1.807) is 11.3 Å². The normalized spacial score (nSPS) is 18.1. The topological polar surface area (TPSA) is 21.1 Å². The number of fused-ring (bicyclic) bond motifs is 1. The summed E-state index contributed by atoms with van der Waals surface area (Å²) in [6.45, 7) is 5.26. The first-order valence-electron chi connectivity index (χ1n) is 7.81. The van der Waals surface area contributed by atoms with Crippen molar-refractivity contribution in [3.63, 3.8) is 0 Å². The van der Waals surface area contributed by atoms with Crippen molar-refractivity contribution in [2.24, 2.45) is 0 Å². The van der Waals surface area contributed by atoms with Gasteiger partial charge in [-0.2, -0.15) is 0 Å². The number of benzene rings is 1. The van der Waals surface area contributed by atoms with E-state index in [4.69, 9.17) is 16.6 Å². The first-order valence-corrected chi connectivity index (χ1v) is 9.06. The van der Waals surface area contributed by atoms with Gasteiger partial charge in [-0.25, -0.2) is 4.98 Å². The first-order chi connectivity index (χ1) is 11.2. The van der Waals surface area contributed by atoms with Gasteiger partial charge in [0.25, 0.3) is 0 Å². The summed E-state index contributed by atoms with van der Waals surface area (Å²) in [5.74, 6) is 0. The molecular weight excluding hydrogens is 326 g/mol. The zero-order valence-corrected chi connectivity index (χ0v) is 14.5. The molecule has 0 unspecified atom stereocenters. The molecule has 0 saturated heterocycles. The molecule has 3 nitrogen and oxygen atoms in total. The minimum Gasteiger partial charge on any atom is -0.349 e. The summed E-state index contributed by atoms with van der Waals surface area (Å²) in [5.41, 5.74) is 3.53. The van der Waals surface area contributed by atoms with Crippen LogP contribution in [0.1, 0.15) is 24.4 Å². The molecule has 1 atom stereocenters.